The third kappa shape index (κ3) is 8.29. The largest absolute Gasteiger partial charge is 0.711 e. The molecule has 8 rings (SSSR count). The van der Waals surface area contributed by atoms with E-state index in [9.17, 15) is 57.2 Å². The lowest BCUT2D eigenvalue weighted by Crippen LogP contribution is -2.60. The number of alkyl halides is 8. The third-order valence-corrected chi connectivity index (χ3v) is 13.6. The van der Waals surface area contributed by atoms with Gasteiger partial charge in [0.05, 0.1) is 38.0 Å². The minimum absolute atomic E-state index is 0.0173. The van der Waals surface area contributed by atoms with E-state index in [0.717, 1.165) is 46.3 Å². The molecular weight excluding hydrogens is 889 g/mol. The topological polar surface area (TPSA) is 133 Å². The first kappa shape index (κ1) is 44.6. The number of aromatic nitrogens is 2. The van der Waals surface area contributed by atoms with Gasteiger partial charge in [-0.05, 0) is 72.8 Å². The fourth-order valence-corrected chi connectivity index (χ4v) is 9.33. The van der Waals surface area contributed by atoms with Crippen molar-refractivity contribution in [3.63, 3.8) is 0 Å². The number of halogens is 8. The molecule has 0 atom stereocenters. The summed E-state index contributed by atoms with van der Waals surface area (Å²) < 4.78 is 173. The molecule has 0 fully saturated rings. The smallest absolute Gasteiger partial charge is 0.287 e. The molecule has 0 saturated heterocycles. The Bertz CT molecular complexity index is 2780. The molecule has 0 unspecified atom stereocenters. The molecular formula is C42H32F8N4O7S2. The SMILES string of the molecule is O=S(=O)(c1ccccc1)c1ccc2c(c1)N(c1cccc[n+]1[O-])CC(C(F)F)(C(F)F)O2.O=S(=O)(c1ccccc1)c1ccc2c(c1)N(c1ccccn1)CC(C(F)F)(C(F)F)O2. The van der Waals surface area contributed by atoms with E-state index in [1.54, 1.807) is 36.4 Å². The van der Waals surface area contributed by atoms with E-state index in [2.05, 4.69) is 4.98 Å². The first-order chi connectivity index (χ1) is 29.9. The standard InChI is InChI=1S/C21H16F4N2O4S.C21H16F4N2O3S/c22-19(23)21(20(24)25)13-26(18-8-4-5-11-27(18)28)16-12-15(9-10-17(16)31-21)32(29,30)14-6-2-1-3-7-14;22-19(23)21(20(24)25)13-27(18-8-4-5-11-26-18)16-12-15(9-10-17(16)30-21)31(28,29)14-6-2-1-3-7-14/h1-12,19-20H,13H2;1-12,19-20H,13H2. The number of rotatable bonds is 10. The highest BCUT2D eigenvalue weighted by Gasteiger charge is 2.59. The van der Waals surface area contributed by atoms with Crippen molar-refractivity contribution in [2.45, 2.75) is 56.5 Å². The monoisotopic (exact) mass is 920 g/mol. The first-order valence-electron chi connectivity index (χ1n) is 18.5. The van der Waals surface area contributed by atoms with Crippen molar-refractivity contribution in [2.24, 2.45) is 0 Å². The summed E-state index contributed by atoms with van der Waals surface area (Å²) in [6.07, 6.45) is -11.7. The highest BCUT2D eigenvalue weighted by molar-refractivity contribution is 7.91. The molecule has 63 heavy (non-hydrogen) atoms. The van der Waals surface area contributed by atoms with Crippen LogP contribution in [0.15, 0.2) is 165 Å². The zero-order chi connectivity index (χ0) is 45.3. The molecule has 0 bridgehead atoms. The molecule has 4 aromatic carbocycles. The quantitative estimate of drug-likeness (QED) is 0.0747. The summed E-state index contributed by atoms with van der Waals surface area (Å²) >= 11 is 0. The summed E-state index contributed by atoms with van der Waals surface area (Å²) in [4.78, 5) is 5.78. The molecule has 2 aromatic heterocycles. The maximum Gasteiger partial charge on any atom is 0.287 e. The van der Waals surface area contributed by atoms with Crippen molar-refractivity contribution in [2.75, 3.05) is 22.9 Å². The number of nitrogens with zero attached hydrogens (tertiary/aromatic N) is 4. The molecule has 330 valence electrons. The van der Waals surface area contributed by atoms with Crippen LogP contribution >= 0.6 is 0 Å². The first-order valence-corrected chi connectivity index (χ1v) is 21.4. The van der Waals surface area contributed by atoms with Crippen molar-refractivity contribution in [1.29, 1.82) is 0 Å². The van der Waals surface area contributed by atoms with Crippen molar-refractivity contribution in [3.05, 3.63) is 151 Å². The van der Waals surface area contributed by atoms with Gasteiger partial charge in [0.2, 0.25) is 25.3 Å². The van der Waals surface area contributed by atoms with Crippen LogP contribution < -0.4 is 24.0 Å². The lowest BCUT2D eigenvalue weighted by molar-refractivity contribution is -0.592. The summed E-state index contributed by atoms with van der Waals surface area (Å²) in [5.41, 5.74) is -6.36. The Morgan fingerprint density at radius 2 is 0.968 bits per heavy atom. The van der Waals surface area contributed by atoms with E-state index in [4.69, 9.17) is 9.47 Å². The van der Waals surface area contributed by atoms with E-state index < -0.39 is 75.4 Å². The van der Waals surface area contributed by atoms with Gasteiger partial charge in [0.1, 0.15) is 18.1 Å². The zero-order valence-electron chi connectivity index (χ0n) is 32.1. The molecule has 0 amide bonds. The molecule has 4 heterocycles. The van der Waals surface area contributed by atoms with E-state index in [-0.39, 0.29) is 48.3 Å². The predicted octanol–water partition coefficient (Wildman–Crippen LogP) is 8.67. The second kappa shape index (κ2) is 17.4. The number of anilines is 4. The number of benzene rings is 4. The number of hydrogen-bond donors (Lipinski definition) is 0. The molecule has 0 N–H and O–H groups in total. The number of hydrogen-bond acceptors (Lipinski definition) is 10. The van der Waals surface area contributed by atoms with Crippen LogP contribution in [-0.2, 0) is 19.7 Å². The average Bonchev–Trinajstić information content (AvgIpc) is 3.28. The second-order valence-electron chi connectivity index (χ2n) is 14.0. The normalized spacial score (nSPS) is 15.6. The van der Waals surface area contributed by atoms with Crippen LogP contribution in [0.4, 0.5) is 58.1 Å². The van der Waals surface area contributed by atoms with Gasteiger partial charge in [0, 0.05) is 18.3 Å². The van der Waals surface area contributed by atoms with Gasteiger partial charge >= 0.3 is 0 Å². The Balaban J connectivity index is 0.000000189. The Morgan fingerprint density at radius 3 is 1.40 bits per heavy atom. The van der Waals surface area contributed by atoms with Crippen molar-refractivity contribution in [3.8, 4) is 11.5 Å². The molecule has 0 spiro atoms. The Kier molecular flexibility index (Phi) is 12.3. The number of pyridine rings is 2. The summed E-state index contributed by atoms with van der Waals surface area (Å²) in [5.74, 6) is -0.818. The van der Waals surface area contributed by atoms with Gasteiger partial charge in [-0.25, -0.2) is 66.6 Å². The van der Waals surface area contributed by atoms with Crippen molar-refractivity contribution in [1.82, 2.24) is 4.98 Å². The van der Waals surface area contributed by atoms with Gasteiger partial charge in [-0.1, -0.05) is 48.5 Å². The molecule has 6 aromatic rings. The molecule has 11 nitrogen and oxygen atoms in total. The van der Waals surface area contributed by atoms with Gasteiger partial charge in [0.15, 0.2) is 11.4 Å². The Labute approximate surface area is 354 Å². The molecule has 0 saturated carbocycles. The van der Waals surface area contributed by atoms with Crippen LogP contribution in [0, 0.1) is 5.21 Å². The summed E-state index contributed by atoms with van der Waals surface area (Å²) in [6, 6.07) is 30.4. The van der Waals surface area contributed by atoms with Crippen molar-refractivity contribution >= 4 is 42.7 Å². The second-order valence-corrected chi connectivity index (χ2v) is 17.9. The van der Waals surface area contributed by atoms with Crippen LogP contribution in [0.5, 0.6) is 11.5 Å². The van der Waals surface area contributed by atoms with Crippen LogP contribution in [0.2, 0.25) is 0 Å². The summed E-state index contributed by atoms with van der Waals surface area (Å²) in [6.45, 7) is -1.99. The van der Waals surface area contributed by atoms with Gasteiger partial charge < -0.3 is 19.6 Å². The van der Waals surface area contributed by atoms with Gasteiger partial charge in [-0.3, -0.25) is 0 Å². The van der Waals surface area contributed by atoms with E-state index >= 15 is 0 Å². The van der Waals surface area contributed by atoms with Crippen LogP contribution in [-0.4, -0.2) is 71.8 Å². The van der Waals surface area contributed by atoms with Gasteiger partial charge in [0.25, 0.3) is 37.1 Å². The van der Waals surface area contributed by atoms with Gasteiger partial charge in [-0.15, -0.1) is 0 Å². The van der Waals surface area contributed by atoms with Crippen molar-refractivity contribution < 1.29 is 66.2 Å². The van der Waals surface area contributed by atoms with Crippen LogP contribution in [0.25, 0.3) is 0 Å². The van der Waals surface area contributed by atoms with Crippen LogP contribution in [0.1, 0.15) is 0 Å². The fourth-order valence-electron chi connectivity index (χ4n) is 6.73. The number of fused-ring (bicyclic) bond motifs is 2. The Hall–Kier alpha value is -6.48. The molecule has 0 radical (unpaired) electrons. The molecule has 21 heteroatoms. The minimum Gasteiger partial charge on any atom is -0.711 e. The summed E-state index contributed by atoms with van der Waals surface area (Å²) in [7, 11) is -7.95. The fraction of sp³-hybridized carbons (Fsp3) is 0.190. The average molecular weight is 921 g/mol. The lowest BCUT2D eigenvalue weighted by Gasteiger charge is -2.43. The highest BCUT2D eigenvalue weighted by atomic mass is 32.2. The van der Waals surface area contributed by atoms with E-state index in [1.165, 1.54) is 72.9 Å². The Morgan fingerprint density at radius 1 is 0.540 bits per heavy atom. The predicted molar refractivity (Wildman–Crippen MR) is 211 cm³/mol. The molecule has 2 aliphatic rings. The number of sulfone groups is 2. The maximum absolute atomic E-state index is 13.8. The maximum atomic E-state index is 13.8. The van der Waals surface area contributed by atoms with Crippen LogP contribution in [0.3, 0.4) is 0 Å². The van der Waals surface area contributed by atoms with Gasteiger partial charge in [-0.2, -0.15) is 0 Å². The zero-order valence-corrected chi connectivity index (χ0v) is 33.7. The summed E-state index contributed by atoms with van der Waals surface area (Å²) in [5, 5.41) is 12.3. The van der Waals surface area contributed by atoms with E-state index in [1.807, 2.05) is 0 Å². The number of ether oxygens (including phenoxy) is 2. The molecule has 0 aliphatic carbocycles. The minimum atomic E-state index is -4.01. The molecule has 2 aliphatic heterocycles. The lowest BCUT2D eigenvalue weighted by atomic mass is 10.0. The third-order valence-electron chi connectivity index (χ3n) is 10.1. The van der Waals surface area contributed by atoms with E-state index in [0.29, 0.717) is 4.73 Å². The highest BCUT2D eigenvalue weighted by Crippen LogP contribution is 2.47.